The molecule has 0 aromatic carbocycles. The van der Waals surface area contributed by atoms with Gasteiger partial charge >= 0.3 is 0 Å². The van der Waals surface area contributed by atoms with Gasteiger partial charge in [0, 0.05) is 17.1 Å². The maximum atomic E-state index is 10.7. The first-order valence-electron chi connectivity index (χ1n) is 2.97. The summed E-state index contributed by atoms with van der Waals surface area (Å²) in [4.78, 5) is 0. The van der Waals surface area contributed by atoms with Crippen molar-refractivity contribution in [3.8, 4) is 6.07 Å². The van der Waals surface area contributed by atoms with E-state index >= 15 is 0 Å². The Hall–Kier alpha value is -0.360. The Kier molecular flexibility index (Phi) is 1.87. The zero-order chi connectivity index (χ0) is 6.85. The average molecular weight is 143 g/mol. The van der Waals surface area contributed by atoms with Crippen LogP contribution < -0.4 is 0 Å². The molecule has 50 valence electrons. The van der Waals surface area contributed by atoms with Crippen molar-refractivity contribution in [1.82, 2.24) is 0 Å². The maximum absolute atomic E-state index is 10.7. The summed E-state index contributed by atoms with van der Waals surface area (Å²) in [6, 6.07) is 2.06. The Balaban J connectivity index is 2.50. The van der Waals surface area contributed by atoms with Crippen LogP contribution in [-0.4, -0.2) is 15.7 Å². The SMILES string of the molecule is CS(=O)C(C#N)C1CC1. The van der Waals surface area contributed by atoms with Crippen LogP contribution in [0.5, 0.6) is 0 Å². The summed E-state index contributed by atoms with van der Waals surface area (Å²) in [6.07, 6.45) is 3.79. The number of nitrogens with zero attached hydrogens (tertiary/aromatic N) is 1. The first-order chi connectivity index (χ1) is 4.25. The second kappa shape index (κ2) is 2.49. The van der Waals surface area contributed by atoms with Crippen LogP contribution in [0.2, 0.25) is 0 Å². The van der Waals surface area contributed by atoms with Gasteiger partial charge in [-0.1, -0.05) is 0 Å². The molecule has 1 aliphatic rings. The number of rotatable bonds is 2. The lowest BCUT2D eigenvalue weighted by molar-refractivity contribution is 0.676. The Morgan fingerprint density at radius 3 is 2.44 bits per heavy atom. The van der Waals surface area contributed by atoms with Crippen molar-refractivity contribution in [2.24, 2.45) is 5.92 Å². The van der Waals surface area contributed by atoms with E-state index in [1.54, 1.807) is 6.26 Å². The molecule has 1 aliphatic carbocycles. The van der Waals surface area contributed by atoms with E-state index < -0.39 is 10.8 Å². The Morgan fingerprint density at radius 2 is 2.33 bits per heavy atom. The van der Waals surface area contributed by atoms with E-state index in [1.807, 2.05) is 0 Å². The van der Waals surface area contributed by atoms with Gasteiger partial charge in [0.15, 0.2) is 0 Å². The molecule has 0 bridgehead atoms. The minimum Gasteiger partial charge on any atom is -0.259 e. The molecule has 0 N–H and O–H groups in total. The highest BCUT2D eigenvalue weighted by Gasteiger charge is 2.33. The smallest absolute Gasteiger partial charge is 0.124 e. The third kappa shape index (κ3) is 1.52. The fourth-order valence-corrected chi connectivity index (χ4v) is 1.81. The molecular weight excluding hydrogens is 134 g/mol. The summed E-state index contributed by atoms with van der Waals surface area (Å²) < 4.78 is 10.7. The van der Waals surface area contributed by atoms with Crippen molar-refractivity contribution in [3.05, 3.63) is 0 Å². The average Bonchev–Trinajstić information content (AvgIpc) is 2.50. The molecule has 9 heavy (non-hydrogen) atoms. The first kappa shape index (κ1) is 6.76. The standard InChI is InChI=1S/C6H9NOS/c1-9(8)6(4-7)5-2-3-5/h5-6H,2-3H2,1H3. The van der Waals surface area contributed by atoms with E-state index in [0.29, 0.717) is 5.92 Å². The fraction of sp³-hybridized carbons (Fsp3) is 0.833. The van der Waals surface area contributed by atoms with E-state index in [-0.39, 0.29) is 5.25 Å². The van der Waals surface area contributed by atoms with Gasteiger partial charge in [-0.15, -0.1) is 0 Å². The number of hydrogen-bond donors (Lipinski definition) is 0. The maximum Gasteiger partial charge on any atom is 0.124 e. The summed E-state index contributed by atoms with van der Waals surface area (Å²) in [5.74, 6) is 0.445. The van der Waals surface area contributed by atoms with Gasteiger partial charge in [-0.25, -0.2) is 0 Å². The predicted molar refractivity (Wildman–Crippen MR) is 36.2 cm³/mol. The second-order valence-electron chi connectivity index (χ2n) is 2.39. The molecule has 1 rings (SSSR count). The van der Waals surface area contributed by atoms with Gasteiger partial charge in [0.2, 0.25) is 0 Å². The molecule has 0 radical (unpaired) electrons. The molecule has 0 amide bonds. The molecular formula is C6H9NOS. The van der Waals surface area contributed by atoms with Crippen LogP contribution in [0.4, 0.5) is 0 Å². The molecule has 0 heterocycles. The summed E-state index contributed by atoms with van der Waals surface area (Å²) in [5.41, 5.74) is 0. The number of hydrogen-bond acceptors (Lipinski definition) is 2. The highest BCUT2D eigenvalue weighted by atomic mass is 32.2. The third-order valence-corrected chi connectivity index (χ3v) is 2.74. The van der Waals surface area contributed by atoms with Crippen molar-refractivity contribution in [1.29, 1.82) is 5.26 Å². The van der Waals surface area contributed by atoms with Gasteiger partial charge in [0.05, 0.1) is 6.07 Å². The van der Waals surface area contributed by atoms with Crippen LogP contribution in [0.3, 0.4) is 0 Å². The monoisotopic (exact) mass is 143 g/mol. The van der Waals surface area contributed by atoms with Gasteiger partial charge in [-0.3, -0.25) is 4.21 Å². The van der Waals surface area contributed by atoms with E-state index in [2.05, 4.69) is 6.07 Å². The van der Waals surface area contributed by atoms with Crippen molar-refractivity contribution in [3.63, 3.8) is 0 Å². The van der Waals surface area contributed by atoms with E-state index in [4.69, 9.17) is 5.26 Å². The van der Waals surface area contributed by atoms with E-state index in [9.17, 15) is 4.21 Å². The van der Waals surface area contributed by atoms with Crippen molar-refractivity contribution >= 4 is 10.8 Å². The summed E-state index contributed by atoms with van der Waals surface area (Å²) in [6.45, 7) is 0. The molecule has 2 atom stereocenters. The lowest BCUT2D eigenvalue weighted by atomic mass is 10.3. The van der Waals surface area contributed by atoms with Crippen LogP contribution in [0.15, 0.2) is 0 Å². The fourth-order valence-electron chi connectivity index (χ4n) is 0.850. The van der Waals surface area contributed by atoms with Crippen molar-refractivity contribution in [2.45, 2.75) is 18.1 Å². The third-order valence-electron chi connectivity index (χ3n) is 1.54. The second-order valence-corrected chi connectivity index (χ2v) is 3.89. The Labute approximate surface area is 57.3 Å². The first-order valence-corrected chi connectivity index (χ1v) is 4.59. The van der Waals surface area contributed by atoms with Crippen LogP contribution in [0.25, 0.3) is 0 Å². The zero-order valence-electron chi connectivity index (χ0n) is 5.33. The number of nitriles is 1. The highest BCUT2D eigenvalue weighted by Crippen LogP contribution is 2.34. The van der Waals surface area contributed by atoms with Gasteiger partial charge in [0.25, 0.3) is 0 Å². The normalized spacial score (nSPS) is 24.4. The molecule has 0 spiro atoms. The van der Waals surface area contributed by atoms with Crippen LogP contribution in [0, 0.1) is 17.2 Å². The Morgan fingerprint density at radius 1 is 1.78 bits per heavy atom. The molecule has 2 nitrogen and oxygen atoms in total. The molecule has 0 aromatic heterocycles. The highest BCUT2D eigenvalue weighted by molar-refractivity contribution is 7.85. The van der Waals surface area contributed by atoms with Crippen LogP contribution >= 0.6 is 0 Å². The van der Waals surface area contributed by atoms with Gasteiger partial charge in [-0.05, 0) is 18.8 Å². The molecule has 0 aromatic rings. The van der Waals surface area contributed by atoms with Crippen LogP contribution in [0.1, 0.15) is 12.8 Å². The topological polar surface area (TPSA) is 40.9 Å². The van der Waals surface area contributed by atoms with Gasteiger partial charge in [-0.2, -0.15) is 5.26 Å². The lowest BCUT2D eigenvalue weighted by Gasteiger charge is -1.99. The largest absolute Gasteiger partial charge is 0.259 e. The molecule has 0 aliphatic heterocycles. The Bertz CT molecular complexity index is 168. The minimum absolute atomic E-state index is 0.190. The molecule has 1 fully saturated rings. The molecule has 0 saturated heterocycles. The van der Waals surface area contributed by atoms with Crippen molar-refractivity contribution in [2.75, 3.05) is 6.26 Å². The summed E-state index contributed by atoms with van der Waals surface area (Å²) >= 11 is 0. The molecule has 1 saturated carbocycles. The predicted octanol–water partition coefficient (Wildman–Crippen LogP) is 0.667. The molecule has 2 unspecified atom stereocenters. The van der Waals surface area contributed by atoms with E-state index in [1.165, 1.54) is 0 Å². The summed E-state index contributed by atoms with van der Waals surface area (Å²) in [5, 5.41) is 8.27. The summed E-state index contributed by atoms with van der Waals surface area (Å²) in [7, 11) is -0.932. The van der Waals surface area contributed by atoms with Crippen LogP contribution in [-0.2, 0) is 10.8 Å². The zero-order valence-corrected chi connectivity index (χ0v) is 6.15. The van der Waals surface area contributed by atoms with Gasteiger partial charge in [0.1, 0.15) is 5.25 Å². The molecule has 3 heteroatoms. The lowest BCUT2D eigenvalue weighted by Crippen LogP contribution is -2.13. The minimum atomic E-state index is -0.932. The van der Waals surface area contributed by atoms with Crippen molar-refractivity contribution < 1.29 is 4.21 Å². The van der Waals surface area contributed by atoms with Gasteiger partial charge < -0.3 is 0 Å². The van der Waals surface area contributed by atoms with E-state index in [0.717, 1.165) is 12.8 Å². The quantitative estimate of drug-likeness (QED) is 0.570.